The fraction of sp³-hybridized carbons (Fsp3) is 0.208. The van der Waals surface area contributed by atoms with Crippen LogP contribution in [0.1, 0.15) is 16.1 Å². The van der Waals surface area contributed by atoms with Crippen LogP contribution in [0.2, 0.25) is 0 Å². The Labute approximate surface area is 190 Å². The Morgan fingerprint density at radius 3 is 2.18 bits per heavy atom. The van der Waals surface area contributed by atoms with Crippen molar-refractivity contribution in [2.24, 2.45) is 0 Å². The third-order valence-electron chi connectivity index (χ3n) is 4.73. The lowest BCUT2D eigenvalue weighted by atomic mass is 10.0. The normalized spacial score (nSPS) is 11.5. The molecule has 1 atom stereocenters. The van der Waals surface area contributed by atoms with Gasteiger partial charge in [0.15, 0.2) is 11.8 Å². The Bertz CT molecular complexity index is 1060. The lowest BCUT2D eigenvalue weighted by molar-refractivity contribution is -0.132. The van der Waals surface area contributed by atoms with Crippen molar-refractivity contribution in [3.63, 3.8) is 0 Å². The minimum absolute atomic E-state index is 0.0371. The second-order valence-electron chi connectivity index (χ2n) is 7.00. The Morgan fingerprint density at radius 1 is 0.939 bits per heavy atom. The number of benzene rings is 2. The van der Waals surface area contributed by atoms with Crippen molar-refractivity contribution in [1.29, 1.82) is 0 Å². The number of nitrogens with one attached hydrogen (secondary N) is 2. The zero-order valence-electron chi connectivity index (χ0n) is 17.7. The van der Waals surface area contributed by atoms with Crippen LogP contribution < -0.4 is 15.4 Å². The van der Waals surface area contributed by atoms with Crippen molar-refractivity contribution in [1.82, 2.24) is 10.6 Å². The molecule has 0 radical (unpaired) electrons. The molecule has 1 unspecified atom stereocenters. The number of aliphatic hydroxyl groups excluding tert-OH is 2. The Kier molecular flexibility index (Phi) is 8.34. The quantitative estimate of drug-likeness (QED) is 0.322. The summed E-state index contributed by atoms with van der Waals surface area (Å²) in [6, 6.07) is 15.6. The van der Waals surface area contributed by atoms with Gasteiger partial charge in [0.25, 0.3) is 11.8 Å². The van der Waals surface area contributed by atoms with E-state index >= 15 is 0 Å². The van der Waals surface area contributed by atoms with Gasteiger partial charge in [-0.05, 0) is 47.5 Å². The van der Waals surface area contributed by atoms with Crippen LogP contribution in [0.3, 0.4) is 0 Å². The summed E-state index contributed by atoms with van der Waals surface area (Å²) in [5.41, 5.74) is 1.99. The molecular formula is C24H24N2O7. The summed E-state index contributed by atoms with van der Waals surface area (Å²) in [5, 5.41) is 22.9. The smallest absolute Gasteiger partial charge is 0.252 e. The molecule has 9 heteroatoms. The second-order valence-corrected chi connectivity index (χ2v) is 7.00. The van der Waals surface area contributed by atoms with Crippen molar-refractivity contribution in [3.8, 4) is 16.9 Å². The Hall–Kier alpha value is -3.95. The molecule has 0 bridgehead atoms. The van der Waals surface area contributed by atoms with E-state index in [2.05, 4.69) is 10.6 Å². The molecule has 9 nitrogen and oxygen atoms in total. The molecule has 172 valence electrons. The second kappa shape index (κ2) is 11.6. The molecule has 0 fully saturated rings. The van der Waals surface area contributed by atoms with E-state index in [1.807, 2.05) is 12.1 Å². The van der Waals surface area contributed by atoms with Crippen molar-refractivity contribution in [2.75, 3.05) is 19.8 Å². The third-order valence-corrected chi connectivity index (χ3v) is 4.73. The fourth-order valence-corrected chi connectivity index (χ4v) is 3.01. The predicted octanol–water partition coefficient (Wildman–Crippen LogP) is 1.29. The zero-order chi connectivity index (χ0) is 23.6. The number of furan rings is 1. The SMILES string of the molecule is O=C(NC(C(=O)CO)C(=O)NCc1ccco1)c1ccc(-c2ccc(OCCO)cc2)cc1. The minimum atomic E-state index is -1.54. The maximum Gasteiger partial charge on any atom is 0.252 e. The number of amides is 2. The highest BCUT2D eigenvalue weighted by Gasteiger charge is 2.28. The fourth-order valence-electron chi connectivity index (χ4n) is 3.01. The summed E-state index contributed by atoms with van der Waals surface area (Å²) in [6.45, 7) is -0.711. The van der Waals surface area contributed by atoms with E-state index in [0.29, 0.717) is 11.5 Å². The standard InChI is InChI=1S/C24H24N2O7/c27-11-13-33-19-9-7-17(8-10-19)16-3-5-18(6-4-16)23(30)26-22(21(29)15-28)24(31)25-14-20-2-1-12-32-20/h1-10,12,22,27-28H,11,13-15H2,(H,25,31)(H,26,30). The van der Waals surface area contributed by atoms with Gasteiger partial charge in [-0.25, -0.2) is 0 Å². The van der Waals surface area contributed by atoms with Crippen LogP contribution in [0, 0.1) is 0 Å². The number of ether oxygens (including phenoxy) is 1. The molecule has 0 aliphatic heterocycles. The molecule has 1 aromatic heterocycles. The van der Waals surface area contributed by atoms with Crippen LogP contribution in [0.25, 0.3) is 11.1 Å². The number of carbonyl (C=O) groups is 3. The molecule has 0 aliphatic carbocycles. The summed E-state index contributed by atoms with van der Waals surface area (Å²) < 4.78 is 10.5. The molecule has 33 heavy (non-hydrogen) atoms. The predicted molar refractivity (Wildman–Crippen MR) is 118 cm³/mol. The molecule has 0 spiro atoms. The zero-order valence-corrected chi connectivity index (χ0v) is 17.7. The van der Waals surface area contributed by atoms with E-state index in [4.69, 9.17) is 14.3 Å². The average molecular weight is 452 g/mol. The first kappa shape index (κ1) is 23.7. The van der Waals surface area contributed by atoms with E-state index in [1.165, 1.54) is 6.26 Å². The maximum atomic E-state index is 12.6. The van der Waals surface area contributed by atoms with E-state index in [0.717, 1.165) is 11.1 Å². The van der Waals surface area contributed by atoms with Gasteiger partial charge >= 0.3 is 0 Å². The van der Waals surface area contributed by atoms with Crippen LogP contribution in [0.4, 0.5) is 0 Å². The number of carbonyl (C=O) groups excluding carboxylic acids is 3. The summed E-state index contributed by atoms with van der Waals surface area (Å²) in [4.78, 5) is 37.1. The minimum Gasteiger partial charge on any atom is -0.491 e. The summed E-state index contributed by atoms with van der Waals surface area (Å²) in [5.74, 6) is -1.10. The molecule has 3 rings (SSSR count). The van der Waals surface area contributed by atoms with Crippen molar-refractivity contribution in [3.05, 3.63) is 78.3 Å². The number of hydrogen-bond acceptors (Lipinski definition) is 7. The third kappa shape index (κ3) is 6.52. The van der Waals surface area contributed by atoms with Gasteiger partial charge in [0.05, 0.1) is 19.4 Å². The van der Waals surface area contributed by atoms with E-state index < -0.39 is 30.2 Å². The number of hydrogen-bond donors (Lipinski definition) is 4. The molecule has 0 aliphatic rings. The van der Waals surface area contributed by atoms with Crippen LogP contribution in [-0.2, 0) is 16.1 Å². The first-order chi connectivity index (χ1) is 16.0. The first-order valence-corrected chi connectivity index (χ1v) is 10.2. The first-order valence-electron chi connectivity index (χ1n) is 10.2. The molecule has 0 saturated carbocycles. The highest BCUT2D eigenvalue weighted by atomic mass is 16.5. The highest BCUT2D eigenvalue weighted by molar-refractivity contribution is 6.10. The van der Waals surface area contributed by atoms with E-state index in [9.17, 15) is 19.5 Å². The average Bonchev–Trinajstić information content (AvgIpc) is 3.38. The topological polar surface area (TPSA) is 138 Å². The van der Waals surface area contributed by atoms with Crippen molar-refractivity contribution < 1.29 is 33.8 Å². The highest BCUT2D eigenvalue weighted by Crippen LogP contribution is 2.23. The Balaban J connectivity index is 1.64. The van der Waals surface area contributed by atoms with Gasteiger partial charge in [-0.3, -0.25) is 14.4 Å². The number of ketones is 1. The largest absolute Gasteiger partial charge is 0.491 e. The molecule has 2 amide bonds. The molecule has 1 heterocycles. The lowest BCUT2D eigenvalue weighted by Crippen LogP contribution is -2.52. The van der Waals surface area contributed by atoms with E-state index in [1.54, 1.807) is 48.5 Å². The molecular weight excluding hydrogens is 428 g/mol. The Morgan fingerprint density at radius 2 is 1.61 bits per heavy atom. The molecule has 4 N–H and O–H groups in total. The van der Waals surface area contributed by atoms with Gasteiger partial charge in [0, 0.05) is 5.56 Å². The van der Waals surface area contributed by atoms with Crippen LogP contribution in [0.5, 0.6) is 5.75 Å². The van der Waals surface area contributed by atoms with Gasteiger partial charge in [-0.2, -0.15) is 0 Å². The molecule has 0 saturated heterocycles. The number of Topliss-reactive ketones (excluding diaryl/α,β-unsaturated/α-hetero) is 1. The van der Waals surface area contributed by atoms with E-state index in [-0.39, 0.29) is 25.3 Å². The monoisotopic (exact) mass is 452 g/mol. The number of rotatable bonds is 11. The van der Waals surface area contributed by atoms with Crippen LogP contribution in [-0.4, -0.2) is 53.7 Å². The van der Waals surface area contributed by atoms with Crippen molar-refractivity contribution >= 4 is 17.6 Å². The molecule has 2 aromatic carbocycles. The van der Waals surface area contributed by atoms with Gasteiger partial charge < -0.3 is 30.0 Å². The van der Waals surface area contributed by atoms with Crippen LogP contribution in [0.15, 0.2) is 71.3 Å². The van der Waals surface area contributed by atoms with Gasteiger partial charge in [-0.15, -0.1) is 0 Å². The molecule has 3 aromatic rings. The lowest BCUT2D eigenvalue weighted by Gasteiger charge is -2.16. The number of aliphatic hydroxyl groups is 2. The van der Waals surface area contributed by atoms with Gasteiger partial charge in [-0.1, -0.05) is 24.3 Å². The summed E-state index contributed by atoms with van der Waals surface area (Å²) in [6.07, 6.45) is 1.45. The van der Waals surface area contributed by atoms with Gasteiger partial charge in [0.1, 0.15) is 24.7 Å². The van der Waals surface area contributed by atoms with Crippen LogP contribution >= 0.6 is 0 Å². The summed E-state index contributed by atoms with van der Waals surface area (Å²) >= 11 is 0. The van der Waals surface area contributed by atoms with Crippen molar-refractivity contribution in [2.45, 2.75) is 12.6 Å². The maximum absolute atomic E-state index is 12.6. The summed E-state index contributed by atoms with van der Waals surface area (Å²) in [7, 11) is 0. The van der Waals surface area contributed by atoms with Gasteiger partial charge in [0.2, 0.25) is 0 Å².